The molecule has 5 nitrogen and oxygen atoms in total. The number of methoxy groups -OCH3 is 1. The van der Waals surface area contributed by atoms with Crippen molar-refractivity contribution in [1.82, 2.24) is 9.78 Å². The number of aromatic nitrogens is 2. The smallest absolute Gasteiger partial charge is 0.259 e. The molecule has 2 aromatic rings. The third-order valence-corrected chi connectivity index (χ3v) is 3.59. The van der Waals surface area contributed by atoms with Crippen molar-refractivity contribution in [2.45, 2.75) is 6.92 Å². The van der Waals surface area contributed by atoms with Crippen molar-refractivity contribution < 1.29 is 9.53 Å². The molecule has 0 fully saturated rings. The van der Waals surface area contributed by atoms with Gasteiger partial charge in [0.1, 0.15) is 5.75 Å². The van der Waals surface area contributed by atoms with Gasteiger partial charge in [-0.25, -0.2) is 0 Å². The molecule has 2 rings (SSSR count). The summed E-state index contributed by atoms with van der Waals surface area (Å²) < 4.78 is 7.59. The van der Waals surface area contributed by atoms with Gasteiger partial charge in [0.25, 0.3) is 5.91 Å². The number of nitrogens with zero attached hydrogens (tertiary/aromatic N) is 2. The molecule has 100 valence electrons. The second-order valence-corrected chi connectivity index (χ2v) is 4.92. The van der Waals surface area contributed by atoms with Crippen LogP contribution in [0, 0.1) is 6.92 Å². The summed E-state index contributed by atoms with van der Waals surface area (Å²) in [5.41, 5.74) is 2.03. The first-order chi connectivity index (χ1) is 9.02. The second kappa shape index (κ2) is 5.44. The molecule has 0 aliphatic heterocycles. The van der Waals surface area contributed by atoms with Crippen LogP contribution >= 0.6 is 15.9 Å². The Kier molecular flexibility index (Phi) is 3.90. The molecule has 0 bridgehead atoms. The average molecular weight is 324 g/mol. The molecule has 1 heterocycles. The number of hydrogen-bond acceptors (Lipinski definition) is 3. The van der Waals surface area contributed by atoms with Crippen LogP contribution in [0.25, 0.3) is 0 Å². The lowest BCUT2D eigenvalue weighted by atomic mass is 10.2. The number of amides is 1. The molecule has 0 saturated carbocycles. The Balaban J connectivity index is 2.26. The number of halogens is 1. The van der Waals surface area contributed by atoms with Gasteiger partial charge in [0.15, 0.2) is 0 Å². The van der Waals surface area contributed by atoms with E-state index >= 15 is 0 Å². The Bertz CT molecular complexity index is 622. The maximum Gasteiger partial charge on any atom is 0.259 e. The quantitative estimate of drug-likeness (QED) is 0.944. The maximum atomic E-state index is 12.2. The van der Waals surface area contributed by atoms with Crippen molar-refractivity contribution >= 4 is 27.5 Å². The monoisotopic (exact) mass is 323 g/mol. The second-order valence-electron chi connectivity index (χ2n) is 4.07. The molecule has 0 aliphatic rings. The molecule has 1 aromatic carbocycles. The van der Waals surface area contributed by atoms with E-state index in [0.29, 0.717) is 17.0 Å². The summed E-state index contributed by atoms with van der Waals surface area (Å²) in [5, 5.41) is 6.89. The SMILES string of the molecule is COc1ccc(Br)c(NC(=O)c2cnn(C)c2C)c1. The third-order valence-electron chi connectivity index (χ3n) is 2.90. The van der Waals surface area contributed by atoms with Gasteiger partial charge < -0.3 is 10.1 Å². The van der Waals surface area contributed by atoms with Gasteiger partial charge in [0.05, 0.1) is 24.6 Å². The molecular weight excluding hydrogens is 310 g/mol. The van der Waals surface area contributed by atoms with Crippen LogP contribution in [0.3, 0.4) is 0 Å². The Hall–Kier alpha value is -1.82. The van der Waals surface area contributed by atoms with Crippen molar-refractivity contribution in [3.05, 3.63) is 40.1 Å². The van der Waals surface area contributed by atoms with E-state index in [1.165, 1.54) is 0 Å². The maximum absolute atomic E-state index is 12.2. The average Bonchev–Trinajstić information content (AvgIpc) is 2.73. The molecule has 19 heavy (non-hydrogen) atoms. The molecular formula is C13H14BrN3O2. The lowest BCUT2D eigenvalue weighted by Gasteiger charge is -2.09. The fourth-order valence-corrected chi connectivity index (χ4v) is 1.98. The van der Waals surface area contributed by atoms with E-state index in [-0.39, 0.29) is 5.91 Å². The number of ether oxygens (including phenoxy) is 1. The standard InChI is InChI=1S/C13H14BrN3O2/c1-8-10(7-15-17(8)2)13(18)16-12-6-9(19-3)4-5-11(12)14/h4-7H,1-3H3,(H,16,18). The molecule has 0 spiro atoms. The number of hydrogen-bond donors (Lipinski definition) is 1. The summed E-state index contributed by atoms with van der Waals surface area (Å²) in [7, 11) is 3.38. The molecule has 1 amide bonds. The van der Waals surface area contributed by atoms with Crippen LogP contribution in [0.4, 0.5) is 5.69 Å². The Morgan fingerprint density at radius 2 is 2.21 bits per heavy atom. The van der Waals surface area contributed by atoms with Gasteiger partial charge >= 0.3 is 0 Å². The van der Waals surface area contributed by atoms with Crippen molar-refractivity contribution in [2.75, 3.05) is 12.4 Å². The van der Waals surface area contributed by atoms with E-state index in [4.69, 9.17) is 4.74 Å². The normalized spacial score (nSPS) is 10.3. The van der Waals surface area contributed by atoms with Gasteiger partial charge in [-0.05, 0) is 35.0 Å². The summed E-state index contributed by atoms with van der Waals surface area (Å²) in [6.07, 6.45) is 1.55. The number of anilines is 1. The van der Waals surface area contributed by atoms with Crippen molar-refractivity contribution in [2.24, 2.45) is 7.05 Å². The molecule has 0 saturated heterocycles. The van der Waals surface area contributed by atoms with Crippen LogP contribution in [0.1, 0.15) is 16.1 Å². The number of carbonyl (C=O) groups excluding carboxylic acids is 1. The van der Waals surface area contributed by atoms with Gasteiger partial charge in [-0.2, -0.15) is 5.10 Å². The Morgan fingerprint density at radius 3 is 2.79 bits per heavy atom. The highest BCUT2D eigenvalue weighted by molar-refractivity contribution is 9.10. The molecule has 0 aliphatic carbocycles. The minimum absolute atomic E-state index is 0.195. The first-order valence-corrected chi connectivity index (χ1v) is 6.45. The van der Waals surface area contributed by atoms with Crippen molar-refractivity contribution in [3.8, 4) is 5.75 Å². The van der Waals surface area contributed by atoms with E-state index in [0.717, 1.165) is 10.2 Å². The fraction of sp³-hybridized carbons (Fsp3) is 0.231. The van der Waals surface area contributed by atoms with Gasteiger partial charge in [-0.15, -0.1) is 0 Å². The summed E-state index contributed by atoms with van der Waals surface area (Å²) in [6, 6.07) is 5.40. The number of rotatable bonds is 3. The summed E-state index contributed by atoms with van der Waals surface area (Å²) in [5.74, 6) is 0.487. The zero-order valence-electron chi connectivity index (χ0n) is 10.9. The zero-order valence-corrected chi connectivity index (χ0v) is 12.5. The predicted octanol–water partition coefficient (Wildman–Crippen LogP) is 2.75. The van der Waals surface area contributed by atoms with Crippen LogP contribution in [0.5, 0.6) is 5.75 Å². The largest absolute Gasteiger partial charge is 0.497 e. The first kappa shape index (κ1) is 13.6. The lowest BCUT2D eigenvalue weighted by molar-refractivity contribution is 0.102. The molecule has 1 aromatic heterocycles. The van der Waals surface area contributed by atoms with Gasteiger partial charge in [0.2, 0.25) is 0 Å². The van der Waals surface area contributed by atoms with Crippen LogP contribution in [0.2, 0.25) is 0 Å². The Labute approximate surface area is 119 Å². The number of nitrogens with one attached hydrogen (secondary N) is 1. The molecule has 6 heteroatoms. The van der Waals surface area contributed by atoms with Crippen LogP contribution < -0.4 is 10.1 Å². The number of benzene rings is 1. The topological polar surface area (TPSA) is 56.1 Å². The minimum Gasteiger partial charge on any atom is -0.497 e. The van der Waals surface area contributed by atoms with E-state index < -0.39 is 0 Å². The van der Waals surface area contributed by atoms with Crippen LogP contribution in [-0.2, 0) is 7.05 Å². The van der Waals surface area contributed by atoms with Crippen LogP contribution in [0.15, 0.2) is 28.9 Å². The zero-order chi connectivity index (χ0) is 14.0. The summed E-state index contributed by atoms with van der Waals surface area (Å²) in [4.78, 5) is 12.2. The number of aryl methyl sites for hydroxylation is 1. The molecule has 1 N–H and O–H groups in total. The third kappa shape index (κ3) is 2.78. The molecule has 0 radical (unpaired) electrons. The number of carbonyl (C=O) groups is 1. The lowest BCUT2D eigenvalue weighted by Crippen LogP contribution is -2.13. The molecule has 0 unspecified atom stereocenters. The first-order valence-electron chi connectivity index (χ1n) is 5.66. The van der Waals surface area contributed by atoms with Crippen molar-refractivity contribution in [3.63, 3.8) is 0 Å². The summed E-state index contributed by atoms with van der Waals surface area (Å²) >= 11 is 3.39. The fourth-order valence-electron chi connectivity index (χ4n) is 1.64. The van der Waals surface area contributed by atoms with E-state index in [2.05, 4.69) is 26.3 Å². The van der Waals surface area contributed by atoms with E-state index in [1.807, 2.05) is 19.1 Å². The van der Waals surface area contributed by atoms with Crippen LogP contribution in [-0.4, -0.2) is 22.8 Å². The van der Waals surface area contributed by atoms with E-state index in [9.17, 15) is 4.79 Å². The van der Waals surface area contributed by atoms with Gasteiger partial charge in [-0.3, -0.25) is 9.48 Å². The van der Waals surface area contributed by atoms with Crippen molar-refractivity contribution in [1.29, 1.82) is 0 Å². The predicted molar refractivity (Wildman–Crippen MR) is 76.6 cm³/mol. The van der Waals surface area contributed by atoms with E-state index in [1.54, 1.807) is 31.1 Å². The highest BCUT2D eigenvalue weighted by atomic mass is 79.9. The Morgan fingerprint density at radius 1 is 1.47 bits per heavy atom. The van der Waals surface area contributed by atoms with Gasteiger partial charge in [-0.1, -0.05) is 0 Å². The minimum atomic E-state index is -0.195. The highest BCUT2D eigenvalue weighted by Crippen LogP contribution is 2.27. The molecule has 0 atom stereocenters. The highest BCUT2D eigenvalue weighted by Gasteiger charge is 2.14. The summed E-state index contributed by atoms with van der Waals surface area (Å²) in [6.45, 7) is 1.85. The van der Waals surface area contributed by atoms with Gasteiger partial charge in [0, 0.05) is 23.3 Å².